The van der Waals surface area contributed by atoms with Crippen LogP contribution in [0.2, 0.25) is 0 Å². The number of ketones is 1. The number of aliphatic hydroxyl groups excluding tert-OH is 1. The van der Waals surface area contributed by atoms with E-state index in [-0.39, 0.29) is 30.9 Å². The van der Waals surface area contributed by atoms with E-state index in [2.05, 4.69) is 10.6 Å². The van der Waals surface area contributed by atoms with Gasteiger partial charge in [-0.3, -0.25) is 4.79 Å². The van der Waals surface area contributed by atoms with Crippen molar-refractivity contribution in [3.05, 3.63) is 71.3 Å². The number of aliphatic hydroxyl groups is 1. The molecular weight excluding hydrogens is 406 g/mol. The van der Waals surface area contributed by atoms with Crippen LogP contribution in [0.15, 0.2) is 48.5 Å². The van der Waals surface area contributed by atoms with E-state index in [9.17, 15) is 23.5 Å². The summed E-state index contributed by atoms with van der Waals surface area (Å²) >= 11 is 0. The molecule has 2 aromatic carbocycles. The fourth-order valence-electron chi connectivity index (χ4n) is 2.93. The van der Waals surface area contributed by atoms with Gasteiger partial charge in [0.25, 0.3) is 0 Å². The Morgan fingerprint density at radius 1 is 1.06 bits per heavy atom. The van der Waals surface area contributed by atoms with Gasteiger partial charge in [0, 0.05) is 18.2 Å². The maximum atomic E-state index is 13.6. The highest BCUT2D eigenvalue weighted by molar-refractivity contribution is 5.97. The summed E-state index contributed by atoms with van der Waals surface area (Å²) in [6.07, 6.45) is -1.96. The molecule has 2 atom stereocenters. The molecule has 0 heterocycles. The molecule has 0 aliphatic heterocycles. The highest BCUT2D eigenvalue weighted by Crippen LogP contribution is 2.13. The van der Waals surface area contributed by atoms with E-state index >= 15 is 0 Å². The van der Waals surface area contributed by atoms with Crippen molar-refractivity contribution in [2.75, 3.05) is 13.1 Å². The van der Waals surface area contributed by atoms with Crippen LogP contribution >= 0.6 is 0 Å². The number of hydrogen-bond acceptors (Lipinski definition) is 5. The SMILES string of the molecule is CC(C)(C)OC(=O)N[C@@H](Cc1cc(F)cc(F)c1)[C@H](O)CNCC(=O)c1ccccc1. The van der Waals surface area contributed by atoms with E-state index in [1.165, 1.54) is 0 Å². The number of halogens is 2. The first kappa shape index (κ1) is 24.4. The Labute approximate surface area is 180 Å². The topological polar surface area (TPSA) is 87.7 Å². The minimum atomic E-state index is -1.15. The number of ether oxygens (including phenoxy) is 1. The molecule has 31 heavy (non-hydrogen) atoms. The van der Waals surface area contributed by atoms with Crippen molar-refractivity contribution in [2.24, 2.45) is 0 Å². The Hall–Kier alpha value is -2.84. The molecule has 2 rings (SSSR count). The largest absolute Gasteiger partial charge is 0.444 e. The Bertz CT molecular complexity index is 865. The van der Waals surface area contributed by atoms with Crippen molar-refractivity contribution in [1.82, 2.24) is 10.6 Å². The van der Waals surface area contributed by atoms with Gasteiger partial charge in [-0.25, -0.2) is 13.6 Å². The molecule has 1 amide bonds. The average molecular weight is 434 g/mol. The summed E-state index contributed by atoms with van der Waals surface area (Å²) in [6, 6.07) is 10.8. The lowest BCUT2D eigenvalue weighted by Gasteiger charge is -2.27. The van der Waals surface area contributed by atoms with Crippen LogP contribution in [0.5, 0.6) is 0 Å². The van der Waals surface area contributed by atoms with E-state index in [1.807, 2.05) is 0 Å². The van der Waals surface area contributed by atoms with Gasteiger partial charge in [0.1, 0.15) is 17.2 Å². The molecule has 0 unspecified atom stereocenters. The van der Waals surface area contributed by atoms with Crippen molar-refractivity contribution >= 4 is 11.9 Å². The number of carbonyl (C=O) groups is 2. The second-order valence-corrected chi connectivity index (χ2v) is 8.22. The summed E-state index contributed by atoms with van der Waals surface area (Å²) in [4.78, 5) is 24.4. The van der Waals surface area contributed by atoms with Crippen LogP contribution in [0.25, 0.3) is 0 Å². The van der Waals surface area contributed by atoms with Gasteiger partial charge < -0.3 is 20.5 Å². The third-order valence-corrected chi connectivity index (χ3v) is 4.28. The van der Waals surface area contributed by atoms with Crippen LogP contribution in [0, 0.1) is 11.6 Å². The highest BCUT2D eigenvalue weighted by atomic mass is 19.1. The first-order valence-corrected chi connectivity index (χ1v) is 9.95. The van der Waals surface area contributed by atoms with Gasteiger partial charge in [-0.15, -0.1) is 0 Å². The number of amides is 1. The lowest BCUT2D eigenvalue weighted by molar-refractivity contribution is 0.0421. The van der Waals surface area contributed by atoms with Gasteiger partial charge in [0.05, 0.1) is 18.7 Å². The Morgan fingerprint density at radius 2 is 1.68 bits per heavy atom. The summed E-state index contributed by atoms with van der Waals surface area (Å²) in [7, 11) is 0. The average Bonchev–Trinajstić information content (AvgIpc) is 2.65. The third-order valence-electron chi connectivity index (χ3n) is 4.28. The molecule has 0 fully saturated rings. The summed E-state index contributed by atoms with van der Waals surface area (Å²) in [5.41, 5.74) is 0.0337. The zero-order valence-electron chi connectivity index (χ0n) is 17.8. The molecule has 0 aliphatic rings. The van der Waals surface area contributed by atoms with E-state index in [0.717, 1.165) is 18.2 Å². The number of Topliss-reactive ketones (excluding diaryl/α,β-unsaturated/α-hetero) is 1. The lowest BCUT2D eigenvalue weighted by atomic mass is 10.0. The van der Waals surface area contributed by atoms with Crippen molar-refractivity contribution < 1.29 is 28.2 Å². The Balaban J connectivity index is 2.03. The van der Waals surface area contributed by atoms with E-state index in [4.69, 9.17) is 4.74 Å². The molecular formula is C23H28F2N2O4. The fraction of sp³-hybridized carbons (Fsp3) is 0.391. The molecule has 0 bridgehead atoms. The van der Waals surface area contributed by atoms with Crippen LogP contribution < -0.4 is 10.6 Å². The predicted molar refractivity (Wildman–Crippen MR) is 113 cm³/mol. The number of benzene rings is 2. The van der Waals surface area contributed by atoms with Crippen LogP contribution in [-0.4, -0.2) is 47.8 Å². The van der Waals surface area contributed by atoms with Gasteiger partial charge in [-0.05, 0) is 44.9 Å². The number of carbonyl (C=O) groups excluding carboxylic acids is 2. The summed E-state index contributed by atoms with van der Waals surface area (Å²) in [5.74, 6) is -1.67. The second kappa shape index (κ2) is 11.0. The molecule has 8 heteroatoms. The first-order chi connectivity index (χ1) is 14.5. The summed E-state index contributed by atoms with van der Waals surface area (Å²) in [6.45, 7) is 5.02. The van der Waals surface area contributed by atoms with Gasteiger partial charge in [-0.1, -0.05) is 30.3 Å². The van der Waals surface area contributed by atoms with Crippen LogP contribution in [0.1, 0.15) is 36.7 Å². The monoisotopic (exact) mass is 434 g/mol. The maximum Gasteiger partial charge on any atom is 0.407 e. The standard InChI is InChI=1S/C23H28F2N2O4/c1-23(2,3)31-22(30)27-19(11-15-9-17(24)12-18(25)10-15)21(29)14-26-13-20(28)16-7-5-4-6-8-16/h4-10,12,19,21,26,29H,11,13-14H2,1-3H3,(H,27,30)/t19-,21+/m0/s1. The van der Waals surface area contributed by atoms with Crippen LogP contribution in [0.4, 0.5) is 13.6 Å². The molecule has 0 saturated carbocycles. The molecule has 3 N–H and O–H groups in total. The first-order valence-electron chi connectivity index (χ1n) is 9.95. The van der Waals surface area contributed by atoms with E-state index in [1.54, 1.807) is 51.1 Å². The van der Waals surface area contributed by atoms with Gasteiger partial charge in [-0.2, -0.15) is 0 Å². The second-order valence-electron chi connectivity index (χ2n) is 8.22. The zero-order valence-corrected chi connectivity index (χ0v) is 17.8. The third kappa shape index (κ3) is 8.82. The van der Waals surface area contributed by atoms with Crippen LogP contribution in [0.3, 0.4) is 0 Å². The number of alkyl carbamates (subject to hydrolysis) is 1. The molecule has 0 spiro atoms. The minimum Gasteiger partial charge on any atom is -0.444 e. The van der Waals surface area contributed by atoms with E-state index < -0.39 is 35.5 Å². The predicted octanol–water partition coefficient (Wildman–Crippen LogP) is 3.23. The molecule has 6 nitrogen and oxygen atoms in total. The normalized spacial score (nSPS) is 13.4. The van der Waals surface area contributed by atoms with Crippen molar-refractivity contribution in [3.8, 4) is 0 Å². The van der Waals surface area contributed by atoms with Gasteiger partial charge >= 0.3 is 6.09 Å². The maximum absolute atomic E-state index is 13.6. The smallest absolute Gasteiger partial charge is 0.407 e. The molecule has 168 valence electrons. The zero-order chi connectivity index (χ0) is 23.0. The summed E-state index contributed by atoms with van der Waals surface area (Å²) in [5, 5.41) is 16.0. The van der Waals surface area contributed by atoms with Crippen molar-refractivity contribution in [3.63, 3.8) is 0 Å². The number of hydrogen-bond donors (Lipinski definition) is 3. The molecule has 0 radical (unpaired) electrons. The van der Waals surface area contributed by atoms with Gasteiger partial charge in [0.2, 0.25) is 0 Å². The highest BCUT2D eigenvalue weighted by Gasteiger charge is 2.25. The van der Waals surface area contributed by atoms with Gasteiger partial charge in [0.15, 0.2) is 5.78 Å². The minimum absolute atomic E-state index is 0.0190. The Morgan fingerprint density at radius 3 is 2.26 bits per heavy atom. The lowest BCUT2D eigenvalue weighted by Crippen LogP contribution is -2.50. The fourth-order valence-corrected chi connectivity index (χ4v) is 2.93. The van der Waals surface area contributed by atoms with Crippen molar-refractivity contribution in [2.45, 2.75) is 44.9 Å². The number of nitrogens with one attached hydrogen (secondary N) is 2. The van der Waals surface area contributed by atoms with E-state index in [0.29, 0.717) is 5.56 Å². The quantitative estimate of drug-likeness (QED) is 0.528. The molecule has 0 saturated heterocycles. The Kier molecular flexibility index (Phi) is 8.65. The molecule has 0 aromatic heterocycles. The summed E-state index contributed by atoms with van der Waals surface area (Å²) < 4.78 is 32.3. The molecule has 2 aromatic rings. The van der Waals surface area contributed by atoms with Crippen molar-refractivity contribution in [1.29, 1.82) is 0 Å². The van der Waals surface area contributed by atoms with Crippen LogP contribution in [-0.2, 0) is 11.2 Å². The molecule has 0 aliphatic carbocycles. The number of rotatable bonds is 9.